The van der Waals surface area contributed by atoms with Crippen LogP contribution in [0.3, 0.4) is 0 Å². The average molecular weight is 279 g/mol. The van der Waals surface area contributed by atoms with Gasteiger partial charge in [0.1, 0.15) is 0 Å². The van der Waals surface area contributed by atoms with Crippen LogP contribution < -0.4 is 0 Å². The number of nitrogens with zero attached hydrogens (tertiary/aromatic N) is 3. The van der Waals surface area contributed by atoms with E-state index in [0.717, 1.165) is 18.5 Å². The van der Waals surface area contributed by atoms with Gasteiger partial charge in [-0.2, -0.15) is 5.10 Å². The molecule has 2 heterocycles. The molecule has 2 rings (SSSR count). The van der Waals surface area contributed by atoms with E-state index in [1.54, 1.807) is 6.20 Å². The predicted molar refractivity (Wildman–Crippen MR) is 77.7 cm³/mol. The topological polar surface area (TPSA) is 58.4 Å². The van der Waals surface area contributed by atoms with Crippen LogP contribution in [0.25, 0.3) is 0 Å². The van der Waals surface area contributed by atoms with E-state index in [-0.39, 0.29) is 12.0 Å². The quantitative estimate of drug-likeness (QED) is 0.918. The molecule has 0 radical (unpaired) electrons. The standard InChI is InChI=1S/C15H25N3O2/c1-4-12(5-2)18-11(3)14(10-16-18)15(20)17-8-6-13(19)7-9-17/h10,12-13,19H,4-9H2,1-3H3. The van der Waals surface area contributed by atoms with Crippen LogP contribution in [0.2, 0.25) is 0 Å². The molecule has 0 atom stereocenters. The molecule has 0 unspecified atom stereocenters. The molecular weight excluding hydrogens is 254 g/mol. The highest BCUT2D eigenvalue weighted by Crippen LogP contribution is 2.21. The highest BCUT2D eigenvalue weighted by Gasteiger charge is 2.25. The van der Waals surface area contributed by atoms with Crippen molar-refractivity contribution in [2.75, 3.05) is 13.1 Å². The van der Waals surface area contributed by atoms with E-state index in [1.165, 1.54) is 0 Å². The molecule has 1 aliphatic heterocycles. The minimum atomic E-state index is -0.257. The van der Waals surface area contributed by atoms with Crippen molar-refractivity contribution in [3.05, 3.63) is 17.5 Å². The average Bonchev–Trinajstić information content (AvgIpc) is 2.83. The van der Waals surface area contributed by atoms with Gasteiger partial charge in [0.05, 0.1) is 23.9 Å². The molecule has 1 saturated heterocycles. The molecule has 5 heteroatoms. The molecule has 112 valence electrons. The maximum Gasteiger partial charge on any atom is 0.257 e. The van der Waals surface area contributed by atoms with Gasteiger partial charge in [-0.3, -0.25) is 9.48 Å². The zero-order valence-electron chi connectivity index (χ0n) is 12.7. The van der Waals surface area contributed by atoms with Crippen LogP contribution >= 0.6 is 0 Å². The Morgan fingerprint density at radius 3 is 2.55 bits per heavy atom. The molecule has 1 aromatic rings. The Hall–Kier alpha value is -1.36. The first-order chi connectivity index (χ1) is 9.58. The van der Waals surface area contributed by atoms with Gasteiger partial charge in [0.15, 0.2) is 0 Å². The number of aliphatic hydroxyl groups is 1. The molecule has 0 spiro atoms. The maximum atomic E-state index is 12.5. The largest absolute Gasteiger partial charge is 0.393 e. The second-order valence-corrected chi connectivity index (χ2v) is 5.58. The molecule has 1 fully saturated rings. The van der Waals surface area contributed by atoms with Crippen molar-refractivity contribution in [2.24, 2.45) is 0 Å². The number of aromatic nitrogens is 2. The first kappa shape index (κ1) is 15.0. The van der Waals surface area contributed by atoms with Crippen molar-refractivity contribution < 1.29 is 9.90 Å². The van der Waals surface area contributed by atoms with Gasteiger partial charge in [0.25, 0.3) is 5.91 Å². The second kappa shape index (κ2) is 6.39. The molecule has 0 aliphatic carbocycles. The van der Waals surface area contributed by atoms with Crippen molar-refractivity contribution in [2.45, 2.75) is 58.6 Å². The lowest BCUT2D eigenvalue weighted by Gasteiger charge is -2.29. The third-order valence-corrected chi connectivity index (χ3v) is 4.32. The van der Waals surface area contributed by atoms with Crippen LogP contribution in [-0.4, -0.2) is 44.9 Å². The predicted octanol–water partition coefficient (Wildman–Crippen LogP) is 2.15. The number of hydrogen-bond donors (Lipinski definition) is 1. The zero-order valence-corrected chi connectivity index (χ0v) is 12.7. The van der Waals surface area contributed by atoms with Gasteiger partial charge in [0, 0.05) is 18.8 Å². The van der Waals surface area contributed by atoms with Gasteiger partial charge in [-0.15, -0.1) is 0 Å². The fourth-order valence-corrected chi connectivity index (χ4v) is 2.88. The minimum absolute atomic E-state index is 0.0478. The molecule has 20 heavy (non-hydrogen) atoms. The number of hydrogen-bond acceptors (Lipinski definition) is 3. The van der Waals surface area contributed by atoms with E-state index >= 15 is 0 Å². The summed E-state index contributed by atoms with van der Waals surface area (Å²) in [5.41, 5.74) is 1.66. The smallest absolute Gasteiger partial charge is 0.257 e. The normalized spacial score (nSPS) is 16.9. The summed E-state index contributed by atoms with van der Waals surface area (Å²) in [4.78, 5) is 14.4. The molecule has 1 amide bonds. The van der Waals surface area contributed by atoms with Crippen LogP contribution in [0.5, 0.6) is 0 Å². The summed E-state index contributed by atoms with van der Waals surface area (Å²) in [6.07, 6.45) is 4.82. The molecular formula is C15H25N3O2. The first-order valence-electron chi connectivity index (χ1n) is 7.59. The van der Waals surface area contributed by atoms with Crippen molar-refractivity contribution >= 4 is 5.91 Å². The van der Waals surface area contributed by atoms with E-state index in [0.29, 0.717) is 37.5 Å². The Morgan fingerprint density at radius 2 is 2.00 bits per heavy atom. The van der Waals surface area contributed by atoms with Crippen LogP contribution in [0.15, 0.2) is 6.20 Å². The third kappa shape index (κ3) is 2.87. The van der Waals surface area contributed by atoms with Gasteiger partial charge in [-0.25, -0.2) is 0 Å². The van der Waals surface area contributed by atoms with Crippen LogP contribution in [0, 0.1) is 6.92 Å². The van der Waals surface area contributed by atoms with E-state index in [1.807, 2.05) is 16.5 Å². The number of amides is 1. The Bertz CT molecular complexity index is 458. The maximum absolute atomic E-state index is 12.5. The molecule has 1 N–H and O–H groups in total. The number of aliphatic hydroxyl groups excluding tert-OH is 1. The van der Waals surface area contributed by atoms with Crippen LogP contribution in [0.4, 0.5) is 0 Å². The van der Waals surface area contributed by atoms with Crippen molar-refractivity contribution in [3.63, 3.8) is 0 Å². The molecule has 5 nitrogen and oxygen atoms in total. The van der Waals surface area contributed by atoms with Gasteiger partial charge in [-0.05, 0) is 32.6 Å². The number of carbonyl (C=O) groups is 1. The number of piperidine rings is 1. The van der Waals surface area contributed by atoms with E-state index in [4.69, 9.17) is 0 Å². The molecule has 1 aliphatic rings. The lowest BCUT2D eigenvalue weighted by atomic mass is 10.1. The number of rotatable bonds is 4. The van der Waals surface area contributed by atoms with Gasteiger partial charge >= 0.3 is 0 Å². The third-order valence-electron chi connectivity index (χ3n) is 4.32. The van der Waals surface area contributed by atoms with Crippen molar-refractivity contribution in [3.8, 4) is 0 Å². The Morgan fingerprint density at radius 1 is 1.40 bits per heavy atom. The molecule has 0 bridgehead atoms. The Labute approximate surface area is 120 Å². The van der Waals surface area contributed by atoms with Crippen molar-refractivity contribution in [1.82, 2.24) is 14.7 Å². The molecule has 1 aromatic heterocycles. The Kier molecular flexibility index (Phi) is 4.81. The SMILES string of the molecule is CCC(CC)n1ncc(C(=O)N2CCC(O)CC2)c1C. The molecule has 0 aromatic carbocycles. The first-order valence-corrected chi connectivity index (χ1v) is 7.59. The zero-order chi connectivity index (χ0) is 14.7. The summed E-state index contributed by atoms with van der Waals surface area (Å²) >= 11 is 0. The summed E-state index contributed by atoms with van der Waals surface area (Å²) in [6.45, 7) is 7.52. The summed E-state index contributed by atoms with van der Waals surface area (Å²) in [7, 11) is 0. The lowest BCUT2D eigenvalue weighted by Crippen LogP contribution is -2.40. The fraction of sp³-hybridized carbons (Fsp3) is 0.733. The number of carbonyl (C=O) groups excluding carboxylic acids is 1. The lowest BCUT2D eigenvalue weighted by molar-refractivity contribution is 0.0546. The minimum Gasteiger partial charge on any atom is -0.393 e. The number of likely N-dealkylation sites (tertiary alicyclic amines) is 1. The highest BCUT2D eigenvalue weighted by molar-refractivity contribution is 5.95. The monoisotopic (exact) mass is 279 g/mol. The van der Waals surface area contributed by atoms with E-state index < -0.39 is 0 Å². The van der Waals surface area contributed by atoms with E-state index in [9.17, 15) is 9.90 Å². The molecule has 0 saturated carbocycles. The van der Waals surface area contributed by atoms with Gasteiger partial charge in [0.2, 0.25) is 0 Å². The van der Waals surface area contributed by atoms with Gasteiger partial charge < -0.3 is 10.0 Å². The summed E-state index contributed by atoms with van der Waals surface area (Å²) in [5.74, 6) is 0.0478. The van der Waals surface area contributed by atoms with Crippen molar-refractivity contribution in [1.29, 1.82) is 0 Å². The summed E-state index contributed by atoms with van der Waals surface area (Å²) in [6, 6.07) is 0.361. The van der Waals surface area contributed by atoms with E-state index in [2.05, 4.69) is 18.9 Å². The van der Waals surface area contributed by atoms with Crippen LogP contribution in [-0.2, 0) is 0 Å². The second-order valence-electron chi connectivity index (χ2n) is 5.58. The fourth-order valence-electron chi connectivity index (χ4n) is 2.88. The summed E-state index contributed by atoms with van der Waals surface area (Å²) < 4.78 is 1.98. The highest BCUT2D eigenvalue weighted by atomic mass is 16.3. The van der Waals surface area contributed by atoms with Gasteiger partial charge in [-0.1, -0.05) is 13.8 Å². The summed E-state index contributed by atoms with van der Waals surface area (Å²) in [5, 5.41) is 13.9. The van der Waals surface area contributed by atoms with Crippen LogP contribution in [0.1, 0.15) is 61.6 Å². The Balaban J connectivity index is 2.15.